The lowest BCUT2D eigenvalue weighted by atomic mass is 10.0. The van der Waals surface area contributed by atoms with Gasteiger partial charge < -0.3 is 40.2 Å². The Balaban J connectivity index is 5.86. The number of amides is 4. The molecule has 0 fully saturated rings. The summed E-state index contributed by atoms with van der Waals surface area (Å²) in [6.07, 6.45) is -1.04. The fourth-order valence-electron chi connectivity index (χ4n) is 3.70. The number of alkyl carbamates (subject to hydrolysis) is 2. The van der Waals surface area contributed by atoms with Crippen molar-refractivity contribution in [3.63, 3.8) is 0 Å². The Labute approximate surface area is 281 Å². The maximum Gasteiger partial charge on any atom is 0.408 e. The Morgan fingerprint density at radius 1 is 0.543 bits per heavy atom. The molecule has 0 aliphatic carbocycles. The average Bonchev–Trinajstić information content (AvgIpc) is 2.89. The van der Waals surface area contributed by atoms with Crippen molar-refractivity contribution in [2.24, 2.45) is 11.8 Å². The van der Waals surface area contributed by atoms with Gasteiger partial charge in [-0.25, -0.2) is 19.2 Å². The van der Waals surface area contributed by atoms with Crippen LogP contribution < -0.4 is 21.3 Å². The van der Waals surface area contributed by atoms with Crippen molar-refractivity contribution in [3.8, 4) is 0 Å². The van der Waals surface area contributed by atoms with E-state index in [1.807, 2.05) is 27.7 Å². The van der Waals surface area contributed by atoms with Crippen LogP contribution in [0.3, 0.4) is 0 Å². The first-order chi connectivity index (χ1) is 21.1. The number of esters is 2. The van der Waals surface area contributed by atoms with Gasteiger partial charge in [0.1, 0.15) is 35.4 Å². The zero-order valence-corrected chi connectivity index (χ0v) is 30.8. The highest BCUT2D eigenvalue weighted by atomic mass is 33.1. The first-order valence-electron chi connectivity index (χ1n) is 15.1. The molecule has 0 saturated heterocycles. The summed E-state index contributed by atoms with van der Waals surface area (Å²) >= 11 is 0. The van der Waals surface area contributed by atoms with Crippen LogP contribution in [-0.4, -0.2) is 97.0 Å². The number of carbonyl (C=O) groups is 6. The second-order valence-electron chi connectivity index (χ2n) is 13.4. The molecule has 46 heavy (non-hydrogen) atoms. The highest BCUT2D eigenvalue weighted by Crippen LogP contribution is 2.24. The molecule has 14 nitrogen and oxygen atoms in total. The summed E-state index contributed by atoms with van der Waals surface area (Å²) in [6.45, 7) is 17.6. The Bertz CT molecular complexity index is 948. The van der Waals surface area contributed by atoms with Crippen LogP contribution in [0.15, 0.2) is 0 Å². The van der Waals surface area contributed by atoms with Gasteiger partial charge in [0.2, 0.25) is 11.8 Å². The third-order valence-corrected chi connectivity index (χ3v) is 8.01. The predicted molar refractivity (Wildman–Crippen MR) is 178 cm³/mol. The van der Waals surface area contributed by atoms with Gasteiger partial charge >= 0.3 is 24.1 Å². The Morgan fingerprint density at radius 3 is 1.09 bits per heavy atom. The molecule has 266 valence electrons. The summed E-state index contributed by atoms with van der Waals surface area (Å²) in [6, 6.07) is -4.13. The second-order valence-corrected chi connectivity index (χ2v) is 15.9. The number of hydrogen-bond donors (Lipinski definition) is 4. The summed E-state index contributed by atoms with van der Waals surface area (Å²) in [7, 11) is 4.72. The lowest BCUT2D eigenvalue weighted by Gasteiger charge is -2.26. The summed E-state index contributed by atoms with van der Waals surface area (Å²) in [5.41, 5.74) is -1.66. The SMILES string of the molecule is COC(=O)[C@H](CC(C)C)NC(=O)[C@H](CSSC[C@H](NC(=O)OC(C)(C)C)C(=O)N[C@@H](CC(C)C)C(=O)OC)NC(=O)OC(C)(C)C. The molecule has 0 bridgehead atoms. The van der Waals surface area contributed by atoms with Gasteiger partial charge in [0.05, 0.1) is 14.2 Å². The van der Waals surface area contributed by atoms with Crippen LogP contribution in [0.4, 0.5) is 9.59 Å². The van der Waals surface area contributed by atoms with Gasteiger partial charge in [-0.15, -0.1) is 0 Å². The van der Waals surface area contributed by atoms with Crippen molar-refractivity contribution >= 4 is 57.5 Å². The van der Waals surface area contributed by atoms with Gasteiger partial charge in [-0.3, -0.25) is 9.59 Å². The predicted octanol–water partition coefficient (Wildman–Crippen LogP) is 3.56. The second kappa shape index (κ2) is 20.4. The number of carbonyl (C=O) groups excluding carboxylic acids is 6. The fourth-order valence-corrected chi connectivity index (χ4v) is 6.03. The molecule has 0 spiro atoms. The molecule has 0 aromatic carbocycles. The Kier molecular flexibility index (Phi) is 19.1. The minimum atomic E-state index is -1.13. The molecule has 4 atom stereocenters. The fraction of sp³-hybridized carbons (Fsp3) is 0.800. The van der Waals surface area contributed by atoms with Crippen molar-refractivity contribution < 1.29 is 47.7 Å². The molecule has 0 aromatic heterocycles. The summed E-state index contributed by atoms with van der Waals surface area (Å²) < 4.78 is 20.3. The molecule has 0 unspecified atom stereocenters. The molecule has 0 rings (SSSR count). The van der Waals surface area contributed by atoms with E-state index in [-0.39, 0.29) is 23.3 Å². The van der Waals surface area contributed by atoms with E-state index in [1.165, 1.54) is 14.2 Å². The minimum absolute atomic E-state index is 0.00419. The molecular formula is C30H54N4O10S2. The van der Waals surface area contributed by atoms with Gasteiger partial charge in [-0.1, -0.05) is 49.3 Å². The van der Waals surface area contributed by atoms with Crippen LogP contribution in [0.25, 0.3) is 0 Å². The smallest absolute Gasteiger partial charge is 0.408 e. The standard InChI is InChI=1S/C30H54N4O10S2/c1-17(2)13-19(25(37)41-11)31-23(35)21(33-27(39)43-29(5,6)7)15-45-46-16-22(34-28(40)44-30(8,9)10)24(36)32-20(14-18(3)4)26(38)42-12/h17-22H,13-16H2,1-12H3,(H,31,35)(H,32,36)(H,33,39)(H,34,40)/t19-,20-,21-,22-/m0/s1. The number of hydrogen-bond acceptors (Lipinski definition) is 12. The van der Waals surface area contributed by atoms with Crippen molar-refractivity contribution in [3.05, 3.63) is 0 Å². The maximum atomic E-state index is 13.3. The summed E-state index contributed by atoms with van der Waals surface area (Å²) in [4.78, 5) is 76.3. The van der Waals surface area contributed by atoms with Crippen molar-refractivity contribution in [1.82, 2.24) is 21.3 Å². The van der Waals surface area contributed by atoms with Gasteiger partial charge in [0.15, 0.2) is 0 Å². The molecule has 0 saturated carbocycles. The Morgan fingerprint density at radius 2 is 0.848 bits per heavy atom. The highest BCUT2D eigenvalue weighted by Gasteiger charge is 2.32. The van der Waals surface area contributed by atoms with Crippen LogP contribution in [0.2, 0.25) is 0 Å². The van der Waals surface area contributed by atoms with E-state index in [0.29, 0.717) is 12.8 Å². The van der Waals surface area contributed by atoms with E-state index in [2.05, 4.69) is 21.3 Å². The van der Waals surface area contributed by atoms with Gasteiger partial charge in [-0.2, -0.15) is 0 Å². The number of methoxy groups -OCH3 is 2. The summed E-state index contributed by atoms with van der Waals surface area (Å²) in [5.74, 6) is -2.38. The number of rotatable bonds is 17. The molecule has 0 heterocycles. The lowest BCUT2D eigenvalue weighted by Crippen LogP contribution is -2.54. The zero-order chi connectivity index (χ0) is 35.8. The monoisotopic (exact) mass is 694 g/mol. The largest absolute Gasteiger partial charge is 0.467 e. The average molecular weight is 695 g/mol. The van der Waals surface area contributed by atoms with Crippen molar-refractivity contribution in [1.29, 1.82) is 0 Å². The topological polar surface area (TPSA) is 187 Å². The molecule has 0 aromatic rings. The molecule has 16 heteroatoms. The molecular weight excluding hydrogens is 640 g/mol. The van der Waals surface area contributed by atoms with Gasteiger partial charge in [0, 0.05) is 11.5 Å². The molecule has 0 aliphatic rings. The van der Waals surface area contributed by atoms with Crippen molar-refractivity contribution in [2.45, 2.75) is 117 Å². The molecule has 0 aliphatic heterocycles. The van der Waals surface area contributed by atoms with Crippen LogP contribution >= 0.6 is 21.6 Å². The number of nitrogens with one attached hydrogen (secondary N) is 4. The first-order valence-corrected chi connectivity index (χ1v) is 17.6. The van der Waals surface area contributed by atoms with Crippen LogP contribution in [0.1, 0.15) is 82.1 Å². The molecule has 4 amide bonds. The quantitative estimate of drug-likeness (QED) is 0.0752. The first kappa shape index (κ1) is 43.1. The van der Waals surface area contributed by atoms with E-state index in [9.17, 15) is 28.8 Å². The zero-order valence-electron chi connectivity index (χ0n) is 29.2. The van der Waals surface area contributed by atoms with Gasteiger partial charge in [0.25, 0.3) is 0 Å². The molecule has 4 N–H and O–H groups in total. The summed E-state index contributed by atoms with van der Waals surface area (Å²) in [5, 5.41) is 10.4. The van der Waals surface area contributed by atoms with E-state index in [4.69, 9.17) is 18.9 Å². The molecule has 0 radical (unpaired) electrons. The van der Waals surface area contributed by atoms with E-state index >= 15 is 0 Å². The lowest BCUT2D eigenvalue weighted by molar-refractivity contribution is -0.146. The third kappa shape index (κ3) is 19.6. The van der Waals surface area contributed by atoms with Gasteiger partial charge in [-0.05, 0) is 66.2 Å². The normalized spacial score (nSPS) is 14.3. The Hall–Kier alpha value is -2.88. The van der Waals surface area contributed by atoms with E-state index < -0.39 is 71.3 Å². The van der Waals surface area contributed by atoms with Crippen LogP contribution in [-0.2, 0) is 38.1 Å². The van der Waals surface area contributed by atoms with E-state index in [0.717, 1.165) is 21.6 Å². The van der Waals surface area contributed by atoms with Crippen molar-refractivity contribution in [2.75, 3.05) is 25.7 Å². The highest BCUT2D eigenvalue weighted by molar-refractivity contribution is 8.76. The van der Waals surface area contributed by atoms with Crippen LogP contribution in [0, 0.1) is 11.8 Å². The number of ether oxygens (including phenoxy) is 4. The minimum Gasteiger partial charge on any atom is -0.467 e. The third-order valence-electron chi connectivity index (χ3n) is 5.59. The van der Waals surface area contributed by atoms with E-state index in [1.54, 1.807) is 41.5 Å². The maximum absolute atomic E-state index is 13.3. The van der Waals surface area contributed by atoms with Crippen LogP contribution in [0.5, 0.6) is 0 Å².